The van der Waals surface area contributed by atoms with Gasteiger partial charge in [-0.2, -0.15) is 0 Å². The second-order valence-corrected chi connectivity index (χ2v) is 3.98. The minimum atomic E-state index is -0.889. The van der Waals surface area contributed by atoms with Gasteiger partial charge in [0, 0.05) is 11.6 Å². The summed E-state index contributed by atoms with van der Waals surface area (Å²) in [5.41, 5.74) is 1.15. The van der Waals surface area contributed by atoms with E-state index in [1.54, 1.807) is 13.0 Å². The Kier molecular flexibility index (Phi) is 4.20. The highest BCUT2D eigenvalue weighted by atomic mass is 16.6. The number of hydrogen-bond donors (Lipinski definition) is 1. The van der Waals surface area contributed by atoms with Crippen molar-refractivity contribution < 1.29 is 14.8 Å². The van der Waals surface area contributed by atoms with Crippen LogP contribution in [0.3, 0.4) is 0 Å². The first-order chi connectivity index (χ1) is 7.97. The first-order valence-corrected chi connectivity index (χ1v) is 5.45. The molecule has 0 radical (unpaired) electrons. The van der Waals surface area contributed by atoms with Crippen LogP contribution in [0.2, 0.25) is 0 Å². The van der Waals surface area contributed by atoms with Gasteiger partial charge >= 0.3 is 5.97 Å². The highest BCUT2D eigenvalue weighted by Crippen LogP contribution is 2.26. The lowest BCUT2D eigenvalue weighted by atomic mass is 9.93. The van der Waals surface area contributed by atoms with Crippen LogP contribution in [-0.2, 0) is 4.79 Å². The maximum Gasteiger partial charge on any atom is 0.310 e. The van der Waals surface area contributed by atoms with Crippen LogP contribution in [0.1, 0.15) is 36.8 Å². The van der Waals surface area contributed by atoms with Crippen LogP contribution in [0.15, 0.2) is 18.2 Å². The monoisotopic (exact) mass is 237 g/mol. The third kappa shape index (κ3) is 3.03. The normalized spacial score (nSPS) is 12.1. The van der Waals surface area contributed by atoms with Crippen molar-refractivity contribution in [1.29, 1.82) is 0 Å². The van der Waals surface area contributed by atoms with Gasteiger partial charge in [-0.3, -0.25) is 14.9 Å². The summed E-state index contributed by atoms with van der Waals surface area (Å²) in [6.07, 6.45) is 1.29. The van der Waals surface area contributed by atoms with Gasteiger partial charge in [-0.05, 0) is 25.0 Å². The number of aryl methyl sites for hydroxylation is 1. The number of carboxylic acids is 1. The van der Waals surface area contributed by atoms with E-state index in [4.69, 9.17) is 5.11 Å². The smallest absolute Gasteiger partial charge is 0.310 e. The van der Waals surface area contributed by atoms with E-state index in [1.165, 1.54) is 12.1 Å². The molecule has 1 rings (SSSR count). The van der Waals surface area contributed by atoms with E-state index in [2.05, 4.69) is 0 Å². The molecular weight excluding hydrogens is 222 g/mol. The van der Waals surface area contributed by atoms with Gasteiger partial charge in [0.15, 0.2) is 0 Å². The predicted molar refractivity (Wildman–Crippen MR) is 63.1 cm³/mol. The molecule has 0 saturated heterocycles. The van der Waals surface area contributed by atoms with Crippen molar-refractivity contribution in [1.82, 2.24) is 0 Å². The number of rotatable bonds is 5. The Labute approximate surface area is 99.2 Å². The summed E-state index contributed by atoms with van der Waals surface area (Å²) in [6, 6.07) is 4.49. The molecule has 0 aliphatic rings. The molecule has 1 N–H and O–H groups in total. The average Bonchev–Trinajstić information content (AvgIpc) is 2.24. The van der Waals surface area contributed by atoms with Crippen molar-refractivity contribution in [2.45, 2.75) is 32.6 Å². The molecule has 0 heterocycles. The standard InChI is InChI=1S/C12H15NO4/c1-3-4-10(12(14)15)9-5-6-11(13(16)17)8(2)7-9/h5-7,10H,3-4H2,1-2H3,(H,14,15). The van der Waals surface area contributed by atoms with Crippen molar-refractivity contribution >= 4 is 11.7 Å². The molecular formula is C12H15NO4. The topological polar surface area (TPSA) is 80.4 Å². The minimum absolute atomic E-state index is 0.0226. The Morgan fingerprint density at radius 1 is 1.53 bits per heavy atom. The van der Waals surface area contributed by atoms with Crippen LogP contribution in [-0.4, -0.2) is 16.0 Å². The Hall–Kier alpha value is -1.91. The fourth-order valence-electron chi connectivity index (χ4n) is 1.82. The summed E-state index contributed by atoms with van der Waals surface area (Å²) >= 11 is 0. The van der Waals surface area contributed by atoms with Gasteiger partial charge in [-0.1, -0.05) is 19.4 Å². The zero-order chi connectivity index (χ0) is 13.0. The first kappa shape index (κ1) is 13.2. The van der Waals surface area contributed by atoms with Crippen molar-refractivity contribution in [3.8, 4) is 0 Å². The molecule has 1 unspecified atom stereocenters. The number of aliphatic carboxylic acids is 1. The summed E-state index contributed by atoms with van der Waals surface area (Å²) in [5, 5.41) is 19.7. The summed E-state index contributed by atoms with van der Waals surface area (Å²) in [5.74, 6) is -1.47. The number of carboxylic acid groups (broad SMARTS) is 1. The van der Waals surface area contributed by atoms with Gasteiger partial charge in [0.25, 0.3) is 5.69 Å². The van der Waals surface area contributed by atoms with Gasteiger partial charge in [0.05, 0.1) is 10.8 Å². The molecule has 0 bridgehead atoms. The van der Waals surface area contributed by atoms with Crippen LogP contribution < -0.4 is 0 Å². The fourth-order valence-corrected chi connectivity index (χ4v) is 1.82. The van der Waals surface area contributed by atoms with E-state index >= 15 is 0 Å². The van der Waals surface area contributed by atoms with Crippen molar-refractivity contribution in [2.24, 2.45) is 0 Å². The number of nitrogens with zero attached hydrogens (tertiary/aromatic N) is 1. The number of benzene rings is 1. The van der Waals surface area contributed by atoms with Crippen molar-refractivity contribution in [3.05, 3.63) is 39.4 Å². The molecule has 0 aliphatic heterocycles. The van der Waals surface area contributed by atoms with Crippen LogP contribution in [0.25, 0.3) is 0 Å². The quantitative estimate of drug-likeness (QED) is 0.630. The van der Waals surface area contributed by atoms with Gasteiger partial charge in [-0.15, -0.1) is 0 Å². The maximum atomic E-state index is 11.1. The van der Waals surface area contributed by atoms with E-state index in [0.29, 0.717) is 17.5 Å². The molecule has 0 saturated carbocycles. The van der Waals surface area contributed by atoms with Gasteiger partial charge in [0.2, 0.25) is 0 Å². The molecule has 92 valence electrons. The van der Waals surface area contributed by atoms with E-state index in [1.807, 2.05) is 6.92 Å². The third-order valence-electron chi connectivity index (χ3n) is 2.70. The van der Waals surface area contributed by atoms with Gasteiger partial charge < -0.3 is 5.11 Å². The molecule has 1 aromatic rings. The lowest BCUT2D eigenvalue weighted by Crippen LogP contribution is -2.11. The summed E-state index contributed by atoms with van der Waals surface area (Å²) < 4.78 is 0. The van der Waals surface area contributed by atoms with Gasteiger partial charge in [-0.25, -0.2) is 0 Å². The molecule has 17 heavy (non-hydrogen) atoms. The molecule has 5 nitrogen and oxygen atoms in total. The first-order valence-electron chi connectivity index (χ1n) is 5.45. The lowest BCUT2D eigenvalue weighted by Gasteiger charge is -2.12. The van der Waals surface area contributed by atoms with E-state index in [0.717, 1.165) is 6.42 Å². The molecule has 0 aromatic heterocycles. The molecule has 0 fully saturated rings. The highest BCUT2D eigenvalue weighted by molar-refractivity contribution is 5.76. The van der Waals surface area contributed by atoms with Crippen LogP contribution >= 0.6 is 0 Å². The highest BCUT2D eigenvalue weighted by Gasteiger charge is 2.21. The zero-order valence-electron chi connectivity index (χ0n) is 9.84. The third-order valence-corrected chi connectivity index (χ3v) is 2.70. The molecule has 1 aromatic carbocycles. The number of nitro benzene ring substituents is 1. The van der Waals surface area contributed by atoms with Crippen LogP contribution in [0.4, 0.5) is 5.69 Å². The number of carbonyl (C=O) groups is 1. The van der Waals surface area contributed by atoms with E-state index in [-0.39, 0.29) is 5.69 Å². The SMILES string of the molecule is CCCC(C(=O)O)c1ccc([N+](=O)[O-])c(C)c1. The Bertz CT molecular complexity index is 442. The molecule has 0 aliphatic carbocycles. The van der Waals surface area contributed by atoms with Crippen molar-refractivity contribution in [3.63, 3.8) is 0 Å². The van der Waals surface area contributed by atoms with Crippen LogP contribution in [0.5, 0.6) is 0 Å². The Morgan fingerprint density at radius 3 is 2.59 bits per heavy atom. The second kappa shape index (κ2) is 5.43. The molecule has 5 heteroatoms. The summed E-state index contributed by atoms with van der Waals surface area (Å²) in [7, 11) is 0. The largest absolute Gasteiger partial charge is 0.481 e. The molecule has 0 spiro atoms. The number of nitro groups is 1. The van der Waals surface area contributed by atoms with E-state index in [9.17, 15) is 14.9 Å². The number of hydrogen-bond acceptors (Lipinski definition) is 3. The van der Waals surface area contributed by atoms with Gasteiger partial charge in [0.1, 0.15) is 0 Å². The van der Waals surface area contributed by atoms with Crippen LogP contribution in [0, 0.1) is 17.0 Å². The summed E-state index contributed by atoms with van der Waals surface area (Å²) in [4.78, 5) is 21.3. The second-order valence-electron chi connectivity index (χ2n) is 3.98. The lowest BCUT2D eigenvalue weighted by molar-refractivity contribution is -0.385. The zero-order valence-corrected chi connectivity index (χ0v) is 9.84. The fraction of sp³-hybridized carbons (Fsp3) is 0.417. The Morgan fingerprint density at radius 2 is 2.18 bits per heavy atom. The molecule has 0 amide bonds. The Balaban J connectivity index is 3.10. The predicted octanol–water partition coefficient (Wildman–Crippen LogP) is 2.87. The average molecular weight is 237 g/mol. The minimum Gasteiger partial charge on any atom is -0.481 e. The summed E-state index contributed by atoms with van der Waals surface area (Å²) in [6.45, 7) is 3.53. The van der Waals surface area contributed by atoms with Crippen molar-refractivity contribution in [2.75, 3.05) is 0 Å². The maximum absolute atomic E-state index is 11.1. The molecule has 1 atom stereocenters. The van der Waals surface area contributed by atoms with E-state index < -0.39 is 16.8 Å².